The van der Waals surface area contributed by atoms with Gasteiger partial charge in [-0.3, -0.25) is 0 Å². The second-order valence-electron chi connectivity index (χ2n) is 3.02. The smallest absolute Gasteiger partial charge is 0.0627 e. The topological polar surface area (TPSA) is 29.5 Å². The fraction of sp³-hybridized carbons (Fsp3) is 1.00. The summed E-state index contributed by atoms with van der Waals surface area (Å²) in [7, 11) is 0. The molecule has 0 aliphatic heterocycles. The Morgan fingerprint density at radius 1 is 1.40 bits per heavy atom. The van der Waals surface area contributed by atoms with Gasteiger partial charge in [-0.05, 0) is 33.6 Å². The van der Waals surface area contributed by atoms with Crippen molar-refractivity contribution in [2.45, 2.75) is 39.2 Å². The molecule has 0 atom stereocenters. The third-order valence-electron chi connectivity index (χ3n) is 1.47. The molecule has 1 N–H and O–H groups in total. The van der Waals surface area contributed by atoms with Gasteiger partial charge in [-0.25, -0.2) is 0 Å². The van der Waals surface area contributed by atoms with Gasteiger partial charge < -0.3 is 9.84 Å². The molecule has 0 heterocycles. The number of rotatable bonds is 5. The molecular weight excluding hydrogens is 128 g/mol. The Hall–Kier alpha value is -0.0800. The highest BCUT2D eigenvalue weighted by Crippen LogP contribution is 2.15. The summed E-state index contributed by atoms with van der Waals surface area (Å²) >= 11 is 0. The summed E-state index contributed by atoms with van der Waals surface area (Å²) in [6.07, 6.45) is 1.75. The number of aliphatic hydroxyl groups is 1. The van der Waals surface area contributed by atoms with E-state index in [1.54, 1.807) is 0 Å². The lowest BCUT2D eigenvalue weighted by atomic mass is 10.0. The second-order valence-corrected chi connectivity index (χ2v) is 3.02. The third kappa shape index (κ3) is 4.77. The number of ether oxygens (including phenoxy) is 1. The number of aliphatic hydroxyl groups excluding tert-OH is 1. The molecule has 0 bridgehead atoms. The monoisotopic (exact) mass is 146 g/mol. The van der Waals surface area contributed by atoms with Crippen LogP contribution >= 0.6 is 0 Å². The number of hydrogen-bond donors (Lipinski definition) is 1. The minimum Gasteiger partial charge on any atom is -0.396 e. The Balaban J connectivity index is 3.42. The number of hydrogen-bond acceptors (Lipinski definition) is 2. The second kappa shape index (κ2) is 4.69. The van der Waals surface area contributed by atoms with Crippen LogP contribution in [-0.4, -0.2) is 23.9 Å². The van der Waals surface area contributed by atoms with E-state index < -0.39 is 0 Å². The fourth-order valence-electron chi connectivity index (χ4n) is 0.968. The van der Waals surface area contributed by atoms with Crippen molar-refractivity contribution in [3.63, 3.8) is 0 Å². The maximum absolute atomic E-state index is 8.54. The van der Waals surface area contributed by atoms with E-state index in [1.807, 2.05) is 20.8 Å². The molecule has 0 spiro atoms. The summed E-state index contributed by atoms with van der Waals surface area (Å²) < 4.78 is 5.42. The molecule has 0 aliphatic rings. The van der Waals surface area contributed by atoms with E-state index in [4.69, 9.17) is 9.84 Å². The van der Waals surface area contributed by atoms with Gasteiger partial charge in [-0.2, -0.15) is 0 Å². The summed E-state index contributed by atoms with van der Waals surface area (Å²) in [5, 5.41) is 8.54. The maximum Gasteiger partial charge on any atom is 0.0627 e. The maximum atomic E-state index is 8.54. The van der Waals surface area contributed by atoms with Crippen LogP contribution in [0.15, 0.2) is 0 Å². The van der Waals surface area contributed by atoms with Gasteiger partial charge in [0.1, 0.15) is 0 Å². The Labute approximate surface area is 63.2 Å². The van der Waals surface area contributed by atoms with Crippen molar-refractivity contribution in [3.05, 3.63) is 0 Å². The molecule has 0 aromatic heterocycles. The zero-order valence-electron chi connectivity index (χ0n) is 7.18. The predicted molar refractivity (Wildman–Crippen MR) is 42.0 cm³/mol. The average Bonchev–Trinajstić information content (AvgIpc) is 1.84. The molecule has 2 nitrogen and oxygen atoms in total. The van der Waals surface area contributed by atoms with Gasteiger partial charge in [-0.1, -0.05) is 0 Å². The van der Waals surface area contributed by atoms with Crippen LogP contribution in [0.1, 0.15) is 33.6 Å². The molecule has 0 fully saturated rings. The van der Waals surface area contributed by atoms with Gasteiger partial charge >= 0.3 is 0 Å². The molecule has 0 saturated heterocycles. The Morgan fingerprint density at radius 2 is 2.00 bits per heavy atom. The molecule has 0 aromatic carbocycles. The van der Waals surface area contributed by atoms with Crippen molar-refractivity contribution in [3.8, 4) is 0 Å². The van der Waals surface area contributed by atoms with Gasteiger partial charge in [0.05, 0.1) is 5.60 Å². The quantitative estimate of drug-likeness (QED) is 0.638. The molecular formula is C8H18O2. The van der Waals surface area contributed by atoms with Crippen molar-refractivity contribution >= 4 is 0 Å². The van der Waals surface area contributed by atoms with Crippen LogP contribution in [0.2, 0.25) is 0 Å². The van der Waals surface area contributed by atoms with Crippen LogP contribution in [0, 0.1) is 0 Å². The normalized spacial score (nSPS) is 12.0. The Bertz CT molecular complexity index is 79.3. The molecule has 2 heteroatoms. The first-order valence-electron chi connectivity index (χ1n) is 3.87. The van der Waals surface area contributed by atoms with E-state index in [2.05, 4.69) is 0 Å². The van der Waals surface area contributed by atoms with E-state index in [0.29, 0.717) is 0 Å². The highest BCUT2D eigenvalue weighted by atomic mass is 16.5. The van der Waals surface area contributed by atoms with Crippen LogP contribution in [0.4, 0.5) is 0 Å². The van der Waals surface area contributed by atoms with Crippen LogP contribution in [-0.2, 0) is 4.74 Å². The first kappa shape index (κ1) is 9.92. The molecule has 0 amide bonds. The fourth-order valence-corrected chi connectivity index (χ4v) is 0.968. The molecule has 0 rings (SSSR count). The zero-order chi connectivity index (χ0) is 8.04. The summed E-state index contributed by atoms with van der Waals surface area (Å²) in [6.45, 7) is 7.09. The van der Waals surface area contributed by atoms with E-state index in [-0.39, 0.29) is 12.2 Å². The molecule has 10 heavy (non-hydrogen) atoms. The van der Waals surface area contributed by atoms with Gasteiger partial charge in [0.2, 0.25) is 0 Å². The molecule has 0 unspecified atom stereocenters. The lowest BCUT2D eigenvalue weighted by molar-refractivity contribution is -0.0199. The highest BCUT2D eigenvalue weighted by Gasteiger charge is 2.15. The standard InChI is InChI=1S/C8H18O2/c1-4-10-8(2,3)6-5-7-9/h9H,4-7H2,1-3H3. The van der Waals surface area contributed by atoms with Crippen LogP contribution in [0.5, 0.6) is 0 Å². The van der Waals surface area contributed by atoms with Crippen molar-refractivity contribution < 1.29 is 9.84 Å². The Morgan fingerprint density at radius 3 is 2.40 bits per heavy atom. The van der Waals surface area contributed by atoms with Gasteiger partial charge in [0.15, 0.2) is 0 Å². The minimum absolute atomic E-state index is 0.0581. The van der Waals surface area contributed by atoms with E-state index in [9.17, 15) is 0 Å². The molecule has 0 aromatic rings. The van der Waals surface area contributed by atoms with Crippen LogP contribution in [0.3, 0.4) is 0 Å². The highest BCUT2D eigenvalue weighted by molar-refractivity contribution is 4.67. The summed E-state index contributed by atoms with van der Waals surface area (Å²) in [6, 6.07) is 0. The molecule has 62 valence electrons. The predicted octanol–water partition coefficient (Wildman–Crippen LogP) is 1.57. The summed E-state index contributed by atoms with van der Waals surface area (Å²) in [4.78, 5) is 0. The molecule has 0 radical (unpaired) electrons. The Kier molecular flexibility index (Phi) is 4.65. The van der Waals surface area contributed by atoms with E-state index in [0.717, 1.165) is 19.4 Å². The SMILES string of the molecule is CCOC(C)(C)CCCO. The van der Waals surface area contributed by atoms with Crippen molar-refractivity contribution in [1.29, 1.82) is 0 Å². The first-order chi connectivity index (χ1) is 4.62. The lowest BCUT2D eigenvalue weighted by Crippen LogP contribution is -2.24. The van der Waals surface area contributed by atoms with Crippen LogP contribution < -0.4 is 0 Å². The van der Waals surface area contributed by atoms with Gasteiger partial charge in [0, 0.05) is 13.2 Å². The zero-order valence-corrected chi connectivity index (χ0v) is 7.18. The molecule has 0 saturated carbocycles. The van der Waals surface area contributed by atoms with Gasteiger partial charge in [0.25, 0.3) is 0 Å². The van der Waals surface area contributed by atoms with Crippen molar-refractivity contribution in [2.24, 2.45) is 0 Å². The molecule has 0 aliphatic carbocycles. The van der Waals surface area contributed by atoms with Crippen molar-refractivity contribution in [2.75, 3.05) is 13.2 Å². The average molecular weight is 146 g/mol. The summed E-state index contributed by atoms with van der Waals surface area (Å²) in [5.41, 5.74) is -0.0581. The van der Waals surface area contributed by atoms with E-state index in [1.165, 1.54) is 0 Å². The largest absolute Gasteiger partial charge is 0.396 e. The summed E-state index contributed by atoms with van der Waals surface area (Å²) in [5.74, 6) is 0. The van der Waals surface area contributed by atoms with Gasteiger partial charge in [-0.15, -0.1) is 0 Å². The van der Waals surface area contributed by atoms with E-state index >= 15 is 0 Å². The lowest BCUT2D eigenvalue weighted by Gasteiger charge is -2.23. The minimum atomic E-state index is -0.0581. The first-order valence-corrected chi connectivity index (χ1v) is 3.87. The van der Waals surface area contributed by atoms with Crippen LogP contribution in [0.25, 0.3) is 0 Å². The third-order valence-corrected chi connectivity index (χ3v) is 1.47. The van der Waals surface area contributed by atoms with Crippen molar-refractivity contribution in [1.82, 2.24) is 0 Å².